The maximum atomic E-state index is 11.6. The number of hydrogen-bond donors (Lipinski definition) is 2. The van der Waals surface area contributed by atoms with Gasteiger partial charge in [0.2, 0.25) is 5.91 Å². The highest BCUT2D eigenvalue weighted by molar-refractivity contribution is 5.95. The van der Waals surface area contributed by atoms with Crippen molar-refractivity contribution in [3.63, 3.8) is 0 Å². The monoisotopic (exact) mass is 257 g/mol. The Hall–Kier alpha value is -1.14. The minimum absolute atomic E-state index is 0.121. The summed E-state index contributed by atoms with van der Waals surface area (Å²) in [6, 6.07) is -0.420. The Labute approximate surface area is 108 Å². The molecule has 1 aliphatic rings. The highest BCUT2D eigenvalue weighted by Gasteiger charge is 2.24. The summed E-state index contributed by atoms with van der Waals surface area (Å²) in [5, 5.41) is 4.92. The summed E-state index contributed by atoms with van der Waals surface area (Å²) in [4.78, 5) is 24.9. The van der Waals surface area contributed by atoms with E-state index in [4.69, 9.17) is 4.74 Å². The van der Waals surface area contributed by atoms with E-state index in [1.807, 2.05) is 25.7 Å². The maximum absolute atomic E-state index is 11.6. The van der Waals surface area contributed by atoms with Crippen LogP contribution in [0, 0.1) is 0 Å². The number of amides is 3. The molecule has 0 spiro atoms. The number of urea groups is 1. The second kappa shape index (κ2) is 7.33. The van der Waals surface area contributed by atoms with E-state index in [1.165, 1.54) is 0 Å². The lowest BCUT2D eigenvalue weighted by Crippen LogP contribution is -2.50. The maximum Gasteiger partial charge on any atom is 0.321 e. The zero-order valence-electron chi connectivity index (χ0n) is 11.4. The quantitative estimate of drug-likeness (QED) is 0.761. The Morgan fingerprint density at radius 3 is 2.44 bits per heavy atom. The van der Waals surface area contributed by atoms with Gasteiger partial charge in [0.15, 0.2) is 0 Å². The van der Waals surface area contributed by atoms with E-state index in [0.717, 1.165) is 6.42 Å². The van der Waals surface area contributed by atoms with Crippen LogP contribution in [0.4, 0.5) is 4.79 Å². The molecular weight excluding hydrogens is 234 g/mol. The smallest absolute Gasteiger partial charge is 0.321 e. The van der Waals surface area contributed by atoms with Gasteiger partial charge < -0.3 is 10.1 Å². The first-order chi connectivity index (χ1) is 8.51. The molecular formula is C12H23N3O3. The molecule has 0 aromatic carbocycles. The molecule has 1 aliphatic heterocycles. The van der Waals surface area contributed by atoms with Crippen molar-refractivity contribution in [2.75, 3.05) is 26.2 Å². The zero-order valence-corrected chi connectivity index (χ0v) is 11.4. The van der Waals surface area contributed by atoms with Gasteiger partial charge in [-0.25, -0.2) is 4.79 Å². The lowest BCUT2D eigenvalue weighted by Gasteiger charge is -2.34. The number of nitrogens with one attached hydrogen (secondary N) is 2. The van der Waals surface area contributed by atoms with Gasteiger partial charge in [0.05, 0.1) is 18.8 Å². The molecule has 1 rings (SSSR count). The molecule has 6 heteroatoms. The first kappa shape index (κ1) is 14.9. The van der Waals surface area contributed by atoms with Crippen molar-refractivity contribution in [3.8, 4) is 0 Å². The SMILES string of the molecule is CCCNC(=O)NC(=O)CN1CC(C)OC(C)C1. The molecule has 1 saturated heterocycles. The first-order valence-corrected chi connectivity index (χ1v) is 6.46. The Morgan fingerprint density at radius 1 is 1.28 bits per heavy atom. The van der Waals surface area contributed by atoms with Crippen LogP contribution < -0.4 is 10.6 Å². The third-order valence-corrected chi connectivity index (χ3v) is 2.65. The number of carbonyl (C=O) groups is 2. The molecule has 3 amide bonds. The molecule has 0 aliphatic carbocycles. The van der Waals surface area contributed by atoms with Crippen LogP contribution >= 0.6 is 0 Å². The van der Waals surface area contributed by atoms with Crippen LogP contribution in [0.15, 0.2) is 0 Å². The summed E-state index contributed by atoms with van der Waals surface area (Å²) in [7, 11) is 0. The molecule has 1 fully saturated rings. The van der Waals surface area contributed by atoms with Crippen molar-refractivity contribution in [1.29, 1.82) is 0 Å². The number of morpholine rings is 1. The normalized spacial score (nSPS) is 24.6. The molecule has 0 radical (unpaired) electrons. The van der Waals surface area contributed by atoms with E-state index in [2.05, 4.69) is 10.6 Å². The van der Waals surface area contributed by atoms with Crippen molar-refractivity contribution < 1.29 is 14.3 Å². The fourth-order valence-electron chi connectivity index (χ4n) is 2.07. The highest BCUT2D eigenvalue weighted by Crippen LogP contribution is 2.09. The van der Waals surface area contributed by atoms with Crippen LogP contribution in [-0.2, 0) is 9.53 Å². The Kier molecular flexibility index (Phi) is 6.07. The summed E-state index contributed by atoms with van der Waals surface area (Å²) >= 11 is 0. The van der Waals surface area contributed by atoms with Crippen molar-refractivity contribution in [1.82, 2.24) is 15.5 Å². The fourth-order valence-corrected chi connectivity index (χ4v) is 2.07. The summed E-state index contributed by atoms with van der Waals surface area (Å²) in [6.07, 6.45) is 1.09. The van der Waals surface area contributed by atoms with Crippen molar-refractivity contribution in [3.05, 3.63) is 0 Å². The first-order valence-electron chi connectivity index (χ1n) is 6.46. The van der Waals surface area contributed by atoms with E-state index < -0.39 is 6.03 Å². The zero-order chi connectivity index (χ0) is 13.5. The molecule has 0 aromatic rings. The Bertz CT molecular complexity index is 286. The van der Waals surface area contributed by atoms with Gasteiger partial charge in [-0.1, -0.05) is 6.92 Å². The van der Waals surface area contributed by atoms with Gasteiger partial charge in [-0.15, -0.1) is 0 Å². The summed E-state index contributed by atoms with van der Waals surface area (Å²) in [5.74, 6) is -0.273. The second-order valence-corrected chi connectivity index (χ2v) is 4.76. The van der Waals surface area contributed by atoms with Crippen LogP contribution in [-0.4, -0.2) is 55.2 Å². The van der Waals surface area contributed by atoms with Crippen LogP contribution in [0.5, 0.6) is 0 Å². The molecule has 18 heavy (non-hydrogen) atoms. The van der Waals surface area contributed by atoms with Gasteiger partial charge in [0.25, 0.3) is 0 Å². The van der Waals surface area contributed by atoms with Crippen molar-refractivity contribution in [2.45, 2.75) is 39.4 Å². The topological polar surface area (TPSA) is 70.7 Å². The Morgan fingerprint density at radius 2 is 1.89 bits per heavy atom. The number of hydrogen-bond acceptors (Lipinski definition) is 4. The van der Waals surface area contributed by atoms with Crippen LogP contribution in [0.3, 0.4) is 0 Å². The summed E-state index contributed by atoms with van der Waals surface area (Å²) in [6.45, 7) is 8.16. The van der Waals surface area contributed by atoms with Crippen LogP contribution in [0.1, 0.15) is 27.2 Å². The van der Waals surface area contributed by atoms with Gasteiger partial charge in [-0.2, -0.15) is 0 Å². The van der Waals surface area contributed by atoms with Crippen LogP contribution in [0.25, 0.3) is 0 Å². The van der Waals surface area contributed by atoms with Crippen molar-refractivity contribution in [2.24, 2.45) is 0 Å². The molecule has 2 atom stereocenters. The van der Waals surface area contributed by atoms with Crippen molar-refractivity contribution >= 4 is 11.9 Å². The number of ether oxygens (including phenoxy) is 1. The summed E-state index contributed by atoms with van der Waals surface area (Å²) < 4.78 is 5.58. The lowest BCUT2D eigenvalue weighted by atomic mass is 10.2. The lowest BCUT2D eigenvalue weighted by molar-refractivity contribution is -0.124. The average molecular weight is 257 g/mol. The van der Waals surface area contributed by atoms with E-state index in [1.54, 1.807) is 0 Å². The van der Waals surface area contributed by atoms with Crippen LogP contribution in [0.2, 0.25) is 0 Å². The standard InChI is InChI=1S/C12H23N3O3/c1-4-5-13-12(17)14-11(16)8-15-6-9(2)18-10(3)7-15/h9-10H,4-8H2,1-3H3,(H2,13,14,16,17). The van der Waals surface area contributed by atoms with E-state index >= 15 is 0 Å². The minimum atomic E-state index is -0.420. The molecule has 2 unspecified atom stereocenters. The fraction of sp³-hybridized carbons (Fsp3) is 0.833. The molecule has 0 bridgehead atoms. The minimum Gasteiger partial charge on any atom is -0.373 e. The largest absolute Gasteiger partial charge is 0.373 e. The molecule has 6 nitrogen and oxygen atoms in total. The second-order valence-electron chi connectivity index (χ2n) is 4.76. The number of nitrogens with zero attached hydrogens (tertiary/aromatic N) is 1. The highest BCUT2D eigenvalue weighted by atomic mass is 16.5. The van der Waals surface area contributed by atoms with Gasteiger partial charge in [0.1, 0.15) is 0 Å². The number of rotatable bonds is 4. The van der Waals surface area contributed by atoms with Gasteiger partial charge in [0, 0.05) is 19.6 Å². The third kappa shape index (κ3) is 5.46. The Balaban J connectivity index is 2.29. The predicted octanol–water partition coefficient (Wildman–Crippen LogP) is 0.331. The third-order valence-electron chi connectivity index (χ3n) is 2.65. The van der Waals surface area contributed by atoms with E-state index in [9.17, 15) is 9.59 Å². The molecule has 1 heterocycles. The van der Waals surface area contributed by atoms with E-state index in [-0.39, 0.29) is 24.7 Å². The van der Waals surface area contributed by atoms with E-state index in [0.29, 0.717) is 19.6 Å². The summed E-state index contributed by atoms with van der Waals surface area (Å²) in [5.41, 5.74) is 0. The molecule has 104 valence electrons. The molecule has 0 saturated carbocycles. The number of imide groups is 1. The molecule has 2 N–H and O–H groups in total. The number of carbonyl (C=O) groups excluding carboxylic acids is 2. The van der Waals surface area contributed by atoms with Gasteiger partial charge in [-0.3, -0.25) is 15.0 Å². The molecule has 0 aromatic heterocycles. The average Bonchev–Trinajstić information content (AvgIpc) is 2.24. The van der Waals surface area contributed by atoms with Gasteiger partial charge >= 0.3 is 6.03 Å². The van der Waals surface area contributed by atoms with Gasteiger partial charge in [-0.05, 0) is 20.3 Å². The predicted molar refractivity (Wildman–Crippen MR) is 68.3 cm³/mol.